The Kier molecular flexibility index (Phi) is 9.94. The zero-order chi connectivity index (χ0) is 26.2. The van der Waals surface area contributed by atoms with Crippen molar-refractivity contribution < 1.29 is 27.5 Å². The molecule has 1 N–H and O–H groups in total. The number of sulfonamides is 1. The van der Waals surface area contributed by atoms with Crippen LogP contribution in [0, 0.1) is 0 Å². The highest BCUT2D eigenvalue weighted by Gasteiger charge is 2.31. The van der Waals surface area contributed by atoms with Gasteiger partial charge in [0.1, 0.15) is 24.1 Å². The highest BCUT2D eigenvalue weighted by molar-refractivity contribution is 7.92. The summed E-state index contributed by atoms with van der Waals surface area (Å²) in [6, 6.07) is 12.8. The number of nitrogens with one attached hydrogen (secondary N) is 1. The molecule has 0 unspecified atom stereocenters. The molecular formula is C25H35N3O6S. The van der Waals surface area contributed by atoms with Gasteiger partial charge in [-0.2, -0.15) is 0 Å². The molecule has 0 saturated carbocycles. The van der Waals surface area contributed by atoms with E-state index in [1.54, 1.807) is 63.4 Å². The first-order chi connectivity index (χ1) is 16.5. The van der Waals surface area contributed by atoms with Gasteiger partial charge in [0, 0.05) is 12.6 Å². The number of benzene rings is 2. The minimum Gasteiger partial charge on any atom is -0.497 e. The fraction of sp³-hybridized carbons (Fsp3) is 0.440. The number of anilines is 1. The molecule has 0 fully saturated rings. The summed E-state index contributed by atoms with van der Waals surface area (Å²) in [5.74, 6) is 0.0866. The number of hydrogen-bond donors (Lipinski definition) is 1. The Bertz CT molecular complexity index is 1120. The zero-order valence-corrected chi connectivity index (χ0v) is 22.0. The van der Waals surface area contributed by atoms with Gasteiger partial charge in [0.15, 0.2) is 0 Å². The van der Waals surface area contributed by atoms with Gasteiger partial charge in [0.2, 0.25) is 21.8 Å². The van der Waals surface area contributed by atoms with Crippen molar-refractivity contribution in [3.05, 3.63) is 54.1 Å². The van der Waals surface area contributed by atoms with Gasteiger partial charge in [-0.05, 0) is 57.5 Å². The van der Waals surface area contributed by atoms with Gasteiger partial charge in [-0.25, -0.2) is 8.42 Å². The van der Waals surface area contributed by atoms with E-state index in [-0.39, 0.29) is 24.2 Å². The van der Waals surface area contributed by atoms with Crippen LogP contribution in [0.15, 0.2) is 48.5 Å². The lowest BCUT2D eigenvalue weighted by Crippen LogP contribution is -2.52. The summed E-state index contributed by atoms with van der Waals surface area (Å²) in [5.41, 5.74) is 0.994. The molecule has 10 heteroatoms. The number of para-hydroxylation sites is 2. The van der Waals surface area contributed by atoms with Gasteiger partial charge in [0.25, 0.3) is 0 Å². The van der Waals surface area contributed by atoms with E-state index in [2.05, 4.69) is 5.32 Å². The molecule has 35 heavy (non-hydrogen) atoms. The average Bonchev–Trinajstić information content (AvgIpc) is 2.80. The maximum Gasteiger partial charge on any atom is 0.244 e. The third-order valence-corrected chi connectivity index (χ3v) is 6.32. The van der Waals surface area contributed by atoms with Gasteiger partial charge in [0.05, 0.1) is 25.7 Å². The number of amides is 2. The molecule has 1 atom stereocenters. The number of rotatable bonds is 12. The quantitative estimate of drug-likeness (QED) is 0.476. The van der Waals surface area contributed by atoms with Crippen molar-refractivity contribution in [1.29, 1.82) is 0 Å². The highest BCUT2D eigenvalue weighted by Crippen LogP contribution is 2.30. The Labute approximate surface area is 208 Å². The smallest absolute Gasteiger partial charge is 0.244 e. The van der Waals surface area contributed by atoms with E-state index in [9.17, 15) is 18.0 Å². The van der Waals surface area contributed by atoms with Gasteiger partial charge in [-0.3, -0.25) is 13.9 Å². The van der Waals surface area contributed by atoms with Crippen molar-refractivity contribution in [2.24, 2.45) is 0 Å². The van der Waals surface area contributed by atoms with Crippen molar-refractivity contribution in [3.8, 4) is 11.5 Å². The zero-order valence-electron chi connectivity index (χ0n) is 21.1. The van der Waals surface area contributed by atoms with Crippen LogP contribution in [0.4, 0.5) is 5.69 Å². The van der Waals surface area contributed by atoms with E-state index in [1.807, 2.05) is 19.9 Å². The number of nitrogens with zero attached hydrogens (tertiary/aromatic N) is 2. The molecule has 0 aliphatic carbocycles. The number of hydrogen-bond acceptors (Lipinski definition) is 6. The van der Waals surface area contributed by atoms with Gasteiger partial charge in [-0.1, -0.05) is 24.3 Å². The van der Waals surface area contributed by atoms with Crippen LogP contribution in [0.2, 0.25) is 0 Å². The molecule has 9 nitrogen and oxygen atoms in total. The molecule has 0 aliphatic rings. The third-order valence-electron chi connectivity index (χ3n) is 5.20. The van der Waals surface area contributed by atoms with Crippen LogP contribution in [0.25, 0.3) is 0 Å². The first kappa shape index (κ1) is 28.0. The van der Waals surface area contributed by atoms with Gasteiger partial charge in [-0.15, -0.1) is 0 Å². The lowest BCUT2D eigenvalue weighted by molar-refractivity contribution is -0.139. The van der Waals surface area contributed by atoms with E-state index in [4.69, 9.17) is 9.47 Å². The molecule has 2 rings (SSSR count). The van der Waals surface area contributed by atoms with Crippen molar-refractivity contribution in [2.75, 3.05) is 30.8 Å². The topological polar surface area (TPSA) is 105 Å². The standard InChI is InChI=1S/C25H35N3O6S/c1-7-34-23-14-9-8-13-22(23)28(35(6,31)32)17-24(29)27(19(4)25(30)26-18(2)3)16-20-11-10-12-21(15-20)33-5/h8-15,18-19H,7,16-17H2,1-6H3,(H,26,30)/t19-/m0/s1. The van der Waals surface area contributed by atoms with E-state index in [1.165, 1.54) is 4.90 Å². The summed E-state index contributed by atoms with van der Waals surface area (Å²) >= 11 is 0. The largest absolute Gasteiger partial charge is 0.497 e. The number of ether oxygens (including phenoxy) is 2. The molecule has 0 aliphatic heterocycles. The number of carbonyl (C=O) groups is 2. The van der Waals surface area contributed by atoms with Crippen molar-refractivity contribution in [2.45, 2.75) is 46.3 Å². The fourth-order valence-corrected chi connectivity index (χ4v) is 4.34. The first-order valence-corrected chi connectivity index (χ1v) is 13.2. The van der Waals surface area contributed by atoms with E-state index >= 15 is 0 Å². The molecule has 0 heterocycles. The summed E-state index contributed by atoms with van der Waals surface area (Å²) in [6.07, 6.45) is 1.03. The maximum absolute atomic E-state index is 13.6. The summed E-state index contributed by atoms with van der Waals surface area (Å²) in [7, 11) is -2.31. The molecule has 0 bridgehead atoms. The molecule has 2 aromatic carbocycles. The van der Waals surface area contributed by atoms with Crippen LogP contribution in [0.1, 0.15) is 33.3 Å². The fourth-order valence-electron chi connectivity index (χ4n) is 3.49. The predicted octanol–water partition coefficient (Wildman–Crippen LogP) is 2.80. The van der Waals surface area contributed by atoms with E-state index < -0.39 is 28.5 Å². The predicted molar refractivity (Wildman–Crippen MR) is 136 cm³/mol. The summed E-state index contributed by atoms with van der Waals surface area (Å²) in [5, 5.41) is 2.82. The third kappa shape index (κ3) is 7.88. The second kappa shape index (κ2) is 12.4. The minimum absolute atomic E-state index is 0.0907. The van der Waals surface area contributed by atoms with Crippen LogP contribution >= 0.6 is 0 Å². The second-order valence-corrected chi connectivity index (χ2v) is 10.3. The second-order valence-electron chi connectivity index (χ2n) is 8.38. The normalized spacial score (nSPS) is 12.1. The highest BCUT2D eigenvalue weighted by atomic mass is 32.2. The molecule has 0 aromatic heterocycles. The SMILES string of the molecule is CCOc1ccccc1N(CC(=O)N(Cc1cccc(OC)c1)[C@@H](C)C(=O)NC(C)C)S(C)(=O)=O. The molecule has 2 amide bonds. The maximum atomic E-state index is 13.6. The van der Waals surface area contributed by atoms with Crippen LogP contribution < -0.4 is 19.1 Å². The van der Waals surface area contributed by atoms with Crippen LogP contribution in [0.3, 0.4) is 0 Å². The van der Waals surface area contributed by atoms with Crippen LogP contribution in [-0.4, -0.2) is 63.7 Å². The van der Waals surface area contributed by atoms with Crippen molar-refractivity contribution >= 4 is 27.5 Å². The first-order valence-electron chi connectivity index (χ1n) is 11.4. The number of methoxy groups -OCH3 is 1. The van der Waals surface area contributed by atoms with E-state index in [0.717, 1.165) is 16.1 Å². The Morgan fingerprint density at radius 1 is 1.06 bits per heavy atom. The lowest BCUT2D eigenvalue weighted by atomic mass is 10.1. The van der Waals surface area contributed by atoms with Crippen molar-refractivity contribution in [3.63, 3.8) is 0 Å². The molecule has 2 aromatic rings. The van der Waals surface area contributed by atoms with E-state index in [0.29, 0.717) is 18.1 Å². The molecule has 0 saturated heterocycles. The monoisotopic (exact) mass is 505 g/mol. The summed E-state index contributed by atoms with van der Waals surface area (Å²) in [6.45, 7) is 6.99. The Balaban J connectivity index is 2.45. The summed E-state index contributed by atoms with van der Waals surface area (Å²) in [4.78, 5) is 27.8. The molecule has 0 spiro atoms. The Hall–Kier alpha value is -3.27. The van der Waals surface area contributed by atoms with Crippen molar-refractivity contribution in [1.82, 2.24) is 10.2 Å². The molecule has 192 valence electrons. The van der Waals surface area contributed by atoms with Crippen LogP contribution in [0.5, 0.6) is 11.5 Å². The number of carbonyl (C=O) groups excluding carboxylic acids is 2. The Morgan fingerprint density at radius 3 is 2.34 bits per heavy atom. The van der Waals surface area contributed by atoms with Gasteiger partial charge >= 0.3 is 0 Å². The van der Waals surface area contributed by atoms with Gasteiger partial charge < -0.3 is 19.7 Å². The average molecular weight is 506 g/mol. The minimum atomic E-state index is -3.85. The lowest BCUT2D eigenvalue weighted by Gasteiger charge is -2.32. The summed E-state index contributed by atoms with van der Waals surface area (Å²) < 4.78 is 37.4. The molecular weight excluding hydrogens is 470 g/mol. The van der Waals surface area contributed by atoms with Crippen LogP contribution in [-0.2, 0) is 26.2 Å². The Morgan fingerprint density at radius 2 is 1.74 bits per heavy atom. The molecule has 0 radical (unpaired) electrons.